The molecule has 2 nitrogen and oxygen atoms in total. The van der Waals surface area contributed by atoms with Gasteiger partial charge in [0, 0.05) is 6.04 Å². The highest BCUT2D eigenvalue weighted by atomic mass is 35.5. The maximum absolute atomic E-state index is 12.6. The lowest BCUT2D eigenvalue weighted by Gasteiger charge is -2.17. The molecule has 1 aromatic carbocycles. The third kappa shape index (κ3) is 4.19. The first-order valence-electron chi connectivity index (χ1n) is 4.70. The predicted octanol–water partition coefficient (Wildman–Crippen LogP) is 3.53. The van der Waals surface area contributed by atoms with E-state index in [1.807, 2.05) is 0 Å². The van der Waals surface area contributed by atoms with Crippen molar-refractivity contribution >= 4 is 12.4 Å². The average Bonchev–Trinajstić information content (AvgIpc) is 2.27. The van der Waals surface area contributed by atoms with E-state index in [1.54, 1.807) is 6.07 Å². The first-order chi connectivity index (χ1) is 7.86. The van der Waals surface area contributed by atoms with Crippen LogP contribution in [0.3, 0.4) is 0 Å². The lowest BCUT2D eigenvalue weighted by Crippen LogP contribution is -2.33. The zero-order chi connectivity index (χ0) is 13.1. The van der Waals surface area contributed by atoms with Gasteiger partial charge in [-0.3, -0.25) is 0 Å². The van der Waals surface area contributed by atoms with Crippen molar-refractivity contribution in [2.75, 3.05) is 0 Å². The van der Waals surface area contributed by atoms with E-state index in [9.17, 15) is 17.6 Å². The molecule has 0 fully saturated rings. The number of hydrogen-bond acceptors (Lipinski definition) is 2. The summed E-state index contributed by atoms with van der Waals surface area (Å²) in [5.41, 5.74) is 6.02. The smallest absolute Gasteiger partial charge is 0.428 e. The summed E-state index contributed by atoms with van der Waals surface area (Å²) in [7, 11) is 0. The first kappa shape index (κ1) is 16.7. The van der Waals surface area contributed by atoms with E-state index in [2.05, 4.69) is 11.3 Å². The lowest BCUT2D eigenvalue weighted by atomic mass is 10.1. The molecule has 0 aromatic heterocycles. The van der Waals surface area contributed by atoms with Crippen molar-refractivity contribution in [1.29, 1.82) is 0 Å². The van der Waals surface area contributed by atoms with Crippen molar-refractivity contribution in [2.24, 2.45) is 5.73 Å². The van der Waals surface area contributed by atoms with Gasteiger partial charge in [-0.25, -0.2) is 0 Å². The molecule has 102 valence electrons. The van der Waals surface area contributed by atoms with Gasteiger partial charge in [-0.1, -0.05) is 18.2 Å². The van der Waals surface area contributed by atoms with E-state index >= 15 is 0 Å². The molecule has 2 N–H and O–H groups in total. The van der Waals surface area contributed by atoms with Crippen molar-refractivity contribution in [2.45, 2.75) is 18.6 Å². The highest BCUT2D eigenvalue weighted by molar-refractivity contribution is 5.85. The Bertz CT molecular complexity index is 400. The van der Waals surface area contributed by atoms with Crippen molar-refractivity contribution < 1.29 is 22.3 Å². The van der Waals surface area contributed by atoms with Gasteiger partial charge in [-0.05, 0) is 17.7 Å². The monoisotopic (exact) mass is 285 g/mol. The van der Waals surface area contributed by atoms with Crippen LogP contribution in [0.4, 0.5) is 17.6 Å². The minimum absolute atomic E-state index is 0. The van der Waals surface area contributed by atoms with E-state index in [0.29, 0.717) is 5.56 Å². The van der Waals surface area contributed by atoms with Crippen LogP contribution in [0.25, 0.3) is 0 Å². The molecule has 0 radical (unpaired) electrons. The normalized spacial score (nSPS) is 12.8. The van der Waals surface area contributed by atoms with Crippen LogP contribution in [0.2, 0.25) is 0 Å². The number of alkyl halides is 4. The molecule has 0 saturated carbocycles. The quantitative estimate of drug-likeness (QED) is 0.663. The Hall–Kier alpha value is -1.27. The van der Waals surface area contributed by atoms with Gasteiger partial charge < -0.3 is 10.5 Å². The Balaban J connectivity index is 0.00000289. The summed E-state index contributed by atoms with van der Waals surface area (Å²) in [6, 6.07) is 4.69. The number of halogens is 5. The standard InChI is InChI=1S/C11H11F4NO.ClH/c1-2-9(16)7-4-3-5-8(6-7)17-11(14,15)10(12)13;/h2-6,9-10H,1,16H2;1H/t9-;/m1./s1. The van der Waals surface area contributed by atoms with Crippen LogP contribution in [0.1, 0.15) is 11.6 Å². The fourth-order valence-electron chi connectivity index (χ4n) is 1.12. The van der Waals surface area contributed by atoms with Gasteiger partial charge in [0.1, 0.15) is 5.75 Å². The van der Waals surface area contributed by atoms with E-state index in [-0.39, 0.29) is 18.2 Å². The van der Waals surface area contributed by atoms with Crippen LogP contribution in [0.15, 0.2) is 36.9 Å². The highest BCUT2D eigenvalue weighted by Crippen LogP contribution is 2.28. The number of benzene rings is 1. The topological polar surface area (TPSA) is 35.2 Å². The molecule has 0 amide bonds. The molecule has 0 aliphatic carbocycles. The summed E-state index contributed by atoms with van der Waals surface area (Å²) < 4.78 is 53.0. The first-order valence-corrected chi connectivity index (χ1v) is 4.70. The van der Waals surface area contributed by atoms with Gasteiger partial charge in [0.2, 0.25) is 0 Å². The molecule has 1 rings (SSSR count). The van der Waals surface area contributed by atoms with E-state index < -0.39 is 18.6 Å². The summed E-state index contributed by atoms with van der Waals surface area (Å²) in [6.45, 7) is 3.44. The summed E-state index contributed by atoms with van der Waals surface area (Å²) in [5, 5.41) is 0. The molecule has 0 aliphatic heterocycles. The van der Waals surface area contributed by atoms with Gasteiger partial charge in [0.05, 0.1) is 0 Å². The van der Waals surface area contributed by atoms with Gasteiger partial charge in [0.15, 0.2) is 0 Å². The van der Waals surface area contributed by atoms with Crippen molar-refractivity contribution in [1.82, 2.24) is 0 Å². The van der Waals surface area contributed by atoms with E-state index in [0.717, 1.165) is 6.07 Å². The Morgan fingerprint density at radius 1 is 1.33 bits per heavy atom. The van der Waals surface area contributed by atoms with Crippen LogP contribution in [0.5, 0.6) is 5.75 Å². The molecule has 18 heavy (non-hydrogen) atoms. The Morgan fingerprint density at radius 3 is 2.44 bits per heavy atom. The zero-order valence-corrected chi connectivity index (χ0v) is 9.97. The van der Waals surface area contributed by atoms with Crippen molar-refractivity contribution in [3.8, 4) is 5.75 Å². The lowest BCUT2D eigenvalue weighted by molar-refractivity contribution is -0.253. The van der Waals surface area contributed by atoms with Crippen molar-refractivity contribution in [3.05, 3.63) is 42.5 Å². The third-order valence-corrected chi connectivity index (χ3v) is 2.00. The maximum atomic E-state index is 12.6. The summed E-state index contributed by atoms with van der Waals surface area (Å²) in [4.78, 5) is 0. The van der Waals surface area contributed by atoms with E-state index in [4.69, 9.17) is 5.73 Å². The van der Waals surface area contributed by atoms with Crippen molar-refractivity contribution in [3.63, 3.8) is 0 Å². The largest absolute Gasteiger partial charge is 0.461 e. The predicted molar refractivity (Wildman–Crippen MR) is 62.4 cm³/mol. The van der Waals surface area contributed by atoms with Crippen LogP contribution in [0, 0.1) is 0 Å². The van der Waals surface area contributed by atoms with Crippen LogP contribution >= 0.6 is 12.4 Å². The van der Waals surface area contributed by atoms with Gasteiger partial charge in [0.25, 0.3) is 0 Å². The number of hydrogen-bond donors (Lipinski definition) is 1. The summed E-state index contributed by atoms with van der Waals surface area (Å²) in [5.74, 6) is -0.370. The Morgan fingerprint density at radius 2 is 1.94 bits per heavy atom. The minimum atomic E-state index is -4.52. The maximum Gasteiger partial charge on any atom is 0.461 e. The molecule has 7 heteroatoms. The fraction of sp³-hybridized carbons (Fsp3) is 0.273. The second-order valence-electron chi connectivity index (χ2n) is 3.30. The number of rotatable bonds is 5. The van der Waals surface area contributed by atoms with Crippen LogP contribution < -0.4 is 10.5 Å². The molecule has 0 aliphatic rings. The third-order valence-electron chi connectivity index (χ3n) is 2.00. The molecular formula is C11H12ClF4NO. The zero-order valence-electron chi connectivity index (χ0n) is 9.15. The molecular weight excluding hydrogens is 274 g/mol. The van der Waals surface area contributed by atoms with Gasteiger partial charge >= 0.3 is 12.5 Å². The SMILES string of the molecule is C=C[C@@H](N)c1cccc(OC(F)(F)C(F)F)c1.Cl. The summed E-state index contributed by atoms with van der Waals surface area (Å²) in [6.07, 6.45) is -7.01. The van der Waals surface area contributed by atoms with Gasteiger partial charge in [-0.15, -0.1) is 19.0 Å². The molecule has 0 bridgehead atoms. The molecule has 0 heterocycles. The van der Waals surface area contributed by atoms with Gasteiger partial charge in [-0.2, -0.15) is 17.6 Å². The second-order valence-corrected chi connectivity index (χ2v) is 3.30. The number of ether oxygens (including phenoxy) is 1. The molecule has 1 aromatic rings. The minimum Gasteiger partial charge on any atom is -0.428 e. The van der Waals surface area contributed by atoms with E-state index in [1.165, 1.54) is 18.2 Å². The average molecular weight is 286 g/mol. The molecule has 0 spiro atoms. The molecule has 0 saturated heterocycles. The summed E-state index contributed by atoms with van der Waals surface area (Å²) >= 11 is 0. The Labute approximate surface area is 108 Å². The van der Waals surface area contributed by atoms with Crippen LogP contribution in [-0.4, -0.2) is 12.5 Å². The molecule has 1 atom stereocenters. The number of nitrogens with two attached hydrogens (primary N) is 1. The molecule has 0 unspecified atom stereocenters. The fourth-order valence-corrected chi connectivity index (χ4v) is 1.12. The van der Waals surface area contributed by atoms with Crippen LogP contribution in [-0.2, 0) is 0 Å². The Kier molecular flexibility index (Phi) is 6.14. The highest BCUT2D eigenvalue weighted by Gasteiger charge is 2.43. The second kappa shape index (κ2) is 6.61.